The van der Waals surface area contributed by atoms with E-state index in [1.165, 1.54) is 6.42 Å². The summed E-state index contributed by atoms with van der Waals surface area (Å²) in [6, 6.07) is 8.18. The molecular formula is C15H25NO. The molecule has 0 fully saturated rings. The molecule has 96 valence electrons. The van der Waals surface area contributed by atoms with E-state index in [9.17, 15) is 0 Å². The van der Waals surface area contributed by atoms with Gasteiger partial charge in [-0.2, -0.15) is 0 Å². The first-order chi connectivity index (χ1) is 8.15. The van der Waals surface area contributed by atoms with E-state index in [2.05, 4.69) is 26.8 Å². The molecule has 1 unspecified atom stereocenters. The van der Waals surface area contributed by atoms with Gasteiger partial charge in [0.15, 0.2) is 0 Å². The molecule has 0 heterocycles. The van der Waals surface area contributed by atoms with Gasteiger partial charge in [-0.1, -0.05) is 39.0 Å². The SMILES string of the molecule is CCC(N)c1ccccc1OCCCC(C)C. The Labute approximate surface area is 105 Å². The van der Waals surface area contributed by atoms with E-state index in [0.29, 0.717) is 0 Å². The molecule has 1 aromatic rings. The van der Waals surface area contributed by atoms with Gasteiger partial charge in [-0.3, -0.25) is 0 Å². The standard InChI is InChI=1S/C15H25NO/c1-4-14(16)13-9-5-6-10-15(13)17-11-7-8-12(2)3/h5-6,9-10,12,14H,4,7-8,11,16H2,1-3H3. The lowest BCUT2D eigenvalue weighted by Gasteiger charge is -2.15. The maximum Gasteiger partial charge on any atom is 0.124 e. The fourth-order valence-electron chi connectivity index (χ4n) is 1.81. The predicted molar refractivity (Wildman–Crippen MR) is 73.2 cm³/mol. The highest BCUT2D eigenvalue weighted by atomic mass is 16.5. The number of nitrogens with two attached hydrogens (primary N) is 1. The zero-order valence-electron chi connectivity index (χ0n) is 11.3. The van der Waals surface area contributed by atoms with Crippen molar-refractivity contribution in [1.29, 1.82) is 0 Å². The fourth-order valence-corrected chi connectivity index (χ4v) is 1.81. The zero-order valence-corrected chi connectivity index (χ0v) is 11.3. The monoisotopic (exact) mass is 235 g/mol. The summed E-state index contributed by atoms with van der Waals surface area (Å²) >= 11 is 0. The third-order valence-electron chi connectivity index (χ3n) is 2.94. The number of hydrogen-bond acceptors (Lipinski definition) is 2. The molecule has 0 saturated heterocycles. The maximum absolute atomic E-state index is 6.07. The van der Waals surface area contributed by atoms with Gasteiger partial charge in [0.25, 0.3) is 0 Å². The summed E-state index contributed by atoms with van der Waals surface area (Å²) in [6.45, 7) is 7.35. The molecule has 0 aliphatic rings. The van der Waals surface area contributed by atoms with Crippen LogP contribution in [0, 0.1) is 5.92 Å². The van der Waals surface area contributed by atoms with E-state index in [1.807, 2.05) is 18.2 Å². The molecule has 0 aliphatic heterocycles. The molecule has 0 aromatic heterocycles. The van der Waals surface area contributed by atoms with Crippen LogP contribution in [0.15, 0.2) is 24.3 Å². The molecule has 17 heavy (non-hydrogen) atoms. The van der Waals surface area contributed by atoms with E-state index in [1.54, 1.807) is 0 Å². The molecule has 0 spiro atoms. The molecule has 1 rings (SSSR count). The van der Waals surface area contributed by atoms with Gasteiger partial charge in [0.1, 0.15) is 5.75 Å². The van der Waals surface area contributed by atoms with Crippen LogP contribution in [0.25, 0.3) is 0 Å². The molecule has 0 amide bonds. The first-order valence-electron chi connectivity index (χ1n) is 6.62. The Morgan fingerprint density at radius 3 is 2.59 bits per heavy atom. The summed E-state index contributed by atoms with van der Waals surface area (Å²) < 4.78 is 5.83. The molecule has 2 N–H and O–H groups in total. The van der Waals surface area contributed by atoms with Crippen LogP contribution in [0.5, 0.6) is 5.75 Å². The second-order valence-electron chi connectivity index (χ2n) is 4.94. The van der Waals surface area contributed by atoms with Crippen molar-refractivity contribution >= 4 is 0 Å². The van der Waals surface area contributed by atoms with Gasteiger partial charge < -0.3 is 10.5 Å². The highest BCUT2D eigenvalue weighted by Crippen LogP contribution is 2.25. The van der Waals surface area contributed by atoms with E-state index >= 15 is 0 Å². The average Bonchev–Trinajstić information content (AvgIpc) is 2.34. The van der Waals surface area contributed by atoms with Crippen LogP contribution in [-0.4, -0.2) is 6.61 Å². The quantitative estimate of drug-likeness (QED) is 0.727. The third-order valence-corrected chi connectivity index (χ3v) is 2.94. The Balaban J connectivity index is 2.52. The Morgan fingerprint density at radius 2 is 1.94 bits per heavy atom. The zero-order chi connectivity index (χ0) is 12.7. The normalized spacial score (nSPS) is 12.8. The largest absolute Gasteiger partial charge is 0.493 e. The van der Waals surface area contributed by atoms with E-state index in [-0.39, 0.29) is 6.04 Å². The molecule has 0 radical (unpaired) electrons. The predicted octanol–water partition coefficient (Wildman–Crippen LogP) is 3.91. The van der Waals surface area contributed by atoms with Crippen molar-refractivity contribution < 1.29 is 4.74 Å². The maximum atomic E-state index is 6.07. The number of rotatable bonds is 7. The van der Waals surface area contributed by atoms with Crippen LogP contribution in [0.2, 0.25) is 0 Å². The van der Waals surface area contributed by atoms with Crippen molar-refractivity contribution in [3.63, 3.8) is 0 Å². The topological polar surface area (TPSA) is 35.2 Å². The van der Waals surface area contributed by atoms with Crippen LogP contribution < -0.4 is 10.5 Å². The molecule has 1 atom stereocenters. The summed E-state index contributed by atoms with van der Waals surface area (Å²) in [7, 11) is 0. The molecule has 2 nitrogen and oxygen atoms in total. The Morgan fingerprint density at radius 1 is 1.24 bits per heavy atom. The Kier molecular flexibility index (Phi) is 6.06. The van der Waals surface area contributed by atoms with Crippen LogP contribution in [0.1, 0.15) is 51.6 Å². The lowest BCUT2D eigenvalue weighted by molar-refractivity contribution is 0.293. The van der Waals surface area contributed by atoms with Crippen molar-refractivity contribution in [3.8, 4) is 5.75 Å². The number of hydrogen-bond donors (Lipinski definition) is 1. The Hall–Kier alpha value is -1.02. The summed E-state index contributed by atoms with van der Waals surface area (Å²) in [4.78, 5) is 0. The Bertz CT molecular complexity index is 322. The fraction of sp³-hybridized carbons (Fsp3) is 0.600. The smallest absolute Gasteiger partial charge is 0.124 e. The van der Waals surface area contributed by atoms with Crippen LogP contribution in [0.4, 0.5) is 0 Å². The van der Waals surface area contributed by atoms with Gasteiger partial charge in [0, 0.05) is 11.6 Å². The van der Waals surface area contributed by atoms with Gasteiger partial charge in [0.2, 0.25) is 0 Å². The van der Waals surface area contributed by atoms with Crippen LogP contribution >= 0.6 is 0 Å². The minimum atomic E-state index is 0.0799. The molecule has 0 saturated carbocycles. The highest BCUT2D eigenvalue weighted by molar-refractivity contribution is 5.35. The van der Waals surface area contributed by atoms with Crippen LogP contribution in [-0.2, 0) is 0 Å². The number of para-hydroxylation sites is 1. The van der Waals surface area contributed by atoms with Gasteiger partial charge in [-0.25, -0.2) is 0 Å². The highest BCUT2D eigenvalue weighted by Gasteiger charge is 2.09. The van der Waals surface area contributed by atoms with Crippen molar-refractivity contribution in [3.05, 3.63) is 29.8 Å². The first-order valence-corrected chi connectivity index (χ1v) is 6.62. The van der Waals surface area contributed by atoms with E-state index < -0.39 is 0 Å². The van der Waals surface area contributed by atoms with Gasteiger partial charge >= 0.3 is 0 Å². The summed E-state index contributed by atoms with van der Waals surface area (Å²) in [5, 5.41) is 0. The number of benzene rings is 1. The molecule has 1 aromatic carbocycles. The summed E-state index contributed by atoms with van der Waals surface area (Å²) in [6.07, 6.45) is 3.25. The van der Waals surface area contributed by atoms with Crippen LogP contribution in [0.3, 0.4) is 0 Å². The molecule has 0 bridgehead atoms. The molecular weight excluding hydrogens is 210 g/mol. The van der Waals surface area contributed by atoms with Crippen molar-refractivity contribution in [2.24, 2.45) is 11.7 Å². The molecule has 0 aliphatic carbocycles. The minimum Gasteiger partial charge on any atom is -0.493 e. The van der Waals surface area contributed by atoms with Crippen molar-refractivity contribution in [2.75, 3.05) is 6.61 Å². The van der Waals surface area contributed by atoms with E-state index in [4.69, 9.17) is 10.5 Å². The first kappa shape index (κ1) is 14.0. The second-order valence-corrected chi connectivity index (χ2v) is 4.94. The number of ether oxygens (including phenoxy) is 1. The van der Waals surface area contributed by atoms with Crippen molar-refractivity contribution in [1.82, 2.24) is 0 Å². The van der Waals surface area contributed by atoms with Crippen molar-refractivity contribution in [2.45, 2.75) is 46.1 Å². The van der Waals surface area contributed by atoms with Gasteiger partial charge in [-0.15, -0.1) is 0 Å². The summed E-state index contributed by atoms with van der Waals surface area (Å²) in [5.41, 5.74) is 7.19. The lowest BCUT2D eigenvalue weighted by Crippen LogP contribution is -2.11. The summed E-state index contributed by atoms with van der Waals surface area (Å²) in [5.74, 6) is 1.69. The van der Waals surface area contributed by atoms with Gasteiger partial charge in [0.05, 0.1) is 6.61 Å². The average molecular weight is 235 g/mol. The minimum absolute atomic E-state index is 0.0799. The van der Waals surface area contributed by atoms with Gasteiger partial charge in [-0.05, 0) is 31.2 Å². The second kappa shape index (κ2) is 7.33. The molecule has 2 heteroatoms. The lowest BCUT2D eigenvalue weighted by atomic mass is 10.0. The third kappa shape index (κ3) is 4.78. The van der Waals surface area contributed by atoms with E-state index in [0.717, 1.165) is 36.7 Å².